The fourth-order valence-corrected chi connectivity index (χ4v) is 11.8. The second-order valence-electron chi connectivity index (χ2n) is 14.4. The molecule has 3 heteroatoms. The monoisotopic (exact) mass is 452 g/mol. The molecular formula is C30H44O3. The third-order valence-corrected chi connectivity index (χ3v) is 13.6. The van der Waals surface area contributed by atoms with E-state index in [2.05, 4.69) is 48.1 Å². The Balaban J connectivity index is 1.42. The molecule has 182 valence electrons. The lowest BCUT2D eigenvalue weighted by Crippen LogP contribution is -2.67. The third-order valence-electron chi connectivity index (χ3n) is 13.6. The van der Waals surface area contributed by atoms with Crippen molar-refractivity contribution in [3.8, 4) is 0 Å². The molecule has 5 aliphatic carbocycles. The summed E-state index contributed by atoms with van der Waals surface area (Å²) >= 11 is 0. The van der Waals surface area contributed by atoms with Crippen LogP contribution in [-0.4, -0.2) is 17.9 Å². The molecule has 6 rings (SSSR count). The van der Waals surface area contributed by atoms with Crippen molar-refractivity contribution in [1.82, 2.24) is 0 Å². The van der Waals surface area contributed by atoms with Crippen molar-refractivity contribution >= 4 is 11.8 Å². The zero-order valence-electron chi connectivity index (χ0n) is 21.8. The Hall–Kier alpha value is -1.12. The Bertz CT molecular complexity index is 948. The van der Waals surface area contributed by atoms with Gasteiger partial charge in [0.15, 0.2) is 0 Å². The van der Waals surface area contributed by atoms with Crippen LogP contribution in [0.5, 0.6) is 0 Å². The average Bonchev–Trinajstić information content (AvgIpc) is 3.27. The highest BCUT2D eigenvalue weighted by atomic mass is 16.6. The Morgan fingerprint density at radius 2 is 1.64 bits per heavy atom. The molecule has 10 atom stereocenters. The lowest BCUT2D eigenvalue weighted by atomic mass is 9.32. The van der Waals surface area contributed by atoms with Crippen molar-refractivity contribution in [2.24, 2.45) is 56.7 Å². The van der Waals surface area contributed by atoms with E-state index in [0.717, 1.165) is 25.7 Å². The third kappa shape index (κ3) is 2.30. The van der Waals surface area contributed by atoms with Gasteiger partial charge in [0, 0.05) is 17.3 Å². The molecule has 6 fully saturated rings. The molecule has 1 saturated heterocycles. The van der Waals surface area contributed by atoms with Gasteiger partial charge in [-0.3, -0.25) is 9.59 Å². The molecule has 0 N–H and O–H groups in total. The van der Waals surface area contributed by atoms with Crippen LogP contribution < -0.4 is 0 Å². The summed E-state index contributed by atoms with van der Waals surface area (Å²) in [6.07, 6.45) is 10.0. The van der Waals surface area contributed by atoms with Gasteiger partial charge in [0.25, 0.3) is 0 Å². The SMILES string of the molecule is C=C(C)C12CCC3(C)C(CCC4C5(C)CCC(=O)C(C)(C)C5CCC43C)C1C1CC2OC1=O. The van der Waals surface area contributed by atoms with E-state index in [9.17, 15) is 9.59 Å². The van der Waals surface area contributed by atoms with Gasteiger partial charge in [-0.1, -0.05) is 46.8 Å². The molecule has 33 heavy (non-hydrogen) atoms. The summed E-state index contributed by atoms with van der Waals surface area (Å²) in [6, 6.07) is 0. The van der Waals surface area contributed by atoms with E-state index in [0.29, 0.717) is 29.5 Å². The second-order valence-corrected chi connectivity index (χ2v) is 14.4. The summed E-state index contributed by atoms with van der Waals surface area (Å²) in [5.41, 5.74) is 1.82. The van der Waals surface area contributed by atoms with Crippen molar-refractivity contribution in [2.75, 3.05) is 0 Å². The molecule has 0 radical (unpaired) electrons. The van der Waals surface area contributed by atoms with Gasteiger partial charge < -0.3 is 4.74 Å². The largest absolute Gasteiger partial charge is 0.461 e. The molecule has 0 amide bonds. The fraction of sp³-hybridized carbons (Fsp3) is 0.867. The van der Waals surface area contributed by atoms with Gasteiger partial charge in [-0.15, -0.1) is 0 Å². The van der Waals surface area contributed by atoms with Crippen LogP contribution >= 0.6 is 0 Å². The zero-order chi connectivity index (χ0) is 23.8. The number of hydrogen-bond donors (Lipinski definition) is 0. The van der Waals surface area contributed by atoms with Crippen LogP contribution in [0.4, 0.5) is 0 Å². The molecule has 0 aromatic carbocycles. The maximum absolute atomic E-state index is 12.9. The van der Waals surface area contributed by atoms with E-state index in [4.69, 9.17) is 4.74 Å². The number of esters is 1. The summed E-state index contributed by atoms with van der Waals surface area (Å²) < 4.78 is 5.93. The molecule has 3 nitrogen and oxygen atoms in total. The first kappa shape index (κ1) is 22.4. The first-order chi connectivity index (χ1) is 15.3. The van der Waals surface area contributed by atoms with Crippen molar-refractivity contribution in [3.05, 3.63) is 12.2 Å². The van der Waals surface area contributed by atoms with E-state index in [1.165, 1.54) is 37.7 Å². The zero-order valence-corrected chi connectivity index (χ0v) is 21.8. The molecule has 0 aromatic rings. The van der Waals surface area contributed by atoms with Gasteiger partial charge in [-0.25, -0.2) is 0 Å². The van der Waals surface area contributed by atoms with Crippen LogP contribution in [0.3, 0.4) is 0 Å². The minimum absolute atomic E-state index is 0.00625. The molecule has 5 saturated carbocycles. The lowest BCUT2D eigenvalue weighted by Gasteiger charge is -2.72. The maximum Gasteiger partial charge on any atom is 0.309 e. The molecule has 1 aliphatic heterocycles. The van der Waals surface area contributed by atoms with Crippen LogP contribution in [-0.2, 0) is 14.3 Å². The molecule has 10 unspecified atom stereocenters. The van der Waals surface area contributed by atoms with Crippen molar-refractivity contribution in [3.63, 3.8) is 0 Å². The molecule has 6 aliphatic rings. The van der Waals surface area contributed by atoms with E-state index >= 15 is 0 Å². The van der Waals surface area contributed by atoms with Gasteiger partial charge in [0.1, 0.15) is 11.9 Å². The minimum atomic E-state index is -0.192. The summed E-state index contributed by atoms with van der Waals surface area (Å²) in [7, 11) is 0. The van der Waals surface area contributed by atoms with E-state index in [-0.39, 0.29) is 45.1 Å². The van der Waals surface area contributed by atoms with Crippen LogP contribution in [0.15, 0.2) is 12.2 Å². The van der Waals surface area contributed by atoms with Gasteiger partial charge in [0.2, 0.25) is 0 Å². The lowest BCUT2D eigenvalue weighted by molar-refractivity contribution is -0.242. The fourth-order valence-electron chi connectivity index (χ4n) is 11.8. The standard InChI is InChI=1S/C30H44O3/c1-17(2)30-15-14-28(6)19(24(30)18-16-23(30)33-25(18)32)8-9-21-27(5)12-11-22(31)26(3,4)20(27)10-13-29(21,28)7/h18-21,23-24H,1,8-16H2,2-7H3. The number of rotatable bonds is 1. The summed E-state index contributed by atoms with van der Waals surface area (Å²) in [4.78, 5) is 25.8. The quantitative estimate of drug-likeness (QED) is 0.326. The predicted molar refractivity (Wildman–Crippen MR) is 129 cm³/mol. The van der Waals surface area contributed by atoms with Gasteiger partial charge in [0.05, 0.1) is 5.92 Å². The maximum atomic E-state index is 12.9. The highest BCUT2D eigenvalue weighted by molar-refractivity contribution is 5.85. The van der Waals surface area contributed by atoms with Crippen LogP contribution in [0, 0.1) is 56.7 Å². The first-order valence-electron chi connectivity index (χ1n) is 13.7. The predicted octanol–water partition coefficient (Wildman–Crippen LogP) is 6.75. The number of Topliss-reactive ketones (excluding diaryl/α,β-unsaturated/α-hetero) is 1. The Labute approximate surface area is 200 Å². The summed E-state index contributed by atoms with van der Waals surface area (Å²) in [5.74, 6) is 2.78. The smallest absolute Gasteiger partial charge is 0.309 e. The van der Waals surface area contributed by atoms with Crippen molar-refractivity contribution in [1.29, 1.82) is 0 Å². The van der Waals surface area contributed by atoms with Crippen LogP contribution in [0.25, 0.3) is 0 Å². The number of hydrogen-bond acceptors (Lipinski definition) is 3. The van der Waals surface area contributed by atoms with Crippen LogP contribution in [0.2, 0.25) is 0 Å². The van der Waals surface area contributed by atoms with E-state index in [1.807, 2.05) is 0 Å². The Morgan fingerprint density at radius 3 is 2.33 bits per heavy atom. The average molecular weight is 453 g/mol. The summed E-state index contributed by atoms with van der Waals surface area (Å²) in [5, 5.41) is 0. The molecule has 1 heterocycles. The number of ketones is 1. The minimum Gasteiger partial charge on any atom is -0.461 e. The van der Waals surface area contributed by atoms with E-state index in [1.54, 1.807) is 0 Å². The number of carbonyl (C=O) groups is 2. The number of carbonyl (C=O) groups excluding carboxylic acids is 2. The van der Waals surface area contributed by atoms with Crippen LogP contribution in [0.1, 0.15) is 99.3 Å². The molecule has 0 aromatic heterocycles. The van der Waals surface area contributed by atoms with E-state index < -0.39 is 0 Å². The van der Waals surface area contributed by atoms with Crippen molar-refractivity contribution < 1.29 is 14.3 Å². The topological polar surface area (TPSA) is 43.4 Å². The number of fused-ring (bicyclic) bond motifs is 11. The van der Waals surface area contributed by atoms with Gasteiger partial charge in [-0.2, -0.15) is 0 Å². The highest BCUT2D eigenvalue weighted by Crippen LogP contribution is 2.78. The summed E-state index contributed by atoms with van der Waals surface area (Å²) in [6.45, 7) is 18.9. The second kappa shape index (κ2) is 6.35. The molecule has 0 spiro atoms. The van der Waals surface area contributed by atoms with Crippen molar-refractivity contribution in [2.45, 2.75) is 105 Å². The molecule has 2 bridgehead atoms. The Kier molecular flexibility index (Phi) is 4.30. The van der Waals surface area contributed by atoms with Gasteiger partial charge in [-0.05, 0) is 98.2 Å². The Morgan fingerprint density at radius 1 is 0.909 bits per heavy atom. The normalized spacial score (nSPS) is 56.3. The van der Waals surface area contributed by atoms with Gasteiger partial charge >= 0.3 is 5.97 Å². The number of ether oxygens (including phenoxy) is 1. The molecular weight excluding hydrogens is 408 g/mol. The highest BCUT2D eigenvalue weighted by Gasteiger charge is 2.75. The first-order valence-corrected chi connectivity index (χ1v) is 13.7.